The first-order valence-corrected chi connectivity index (χ1v) is 22.4. The lowest BCUT2D eigenvalue weighted by Crippen LogP contribution is -2.50. The van der Waals surface area contributed by atoms with Gasteiger partial charge in [-0.3, -0.25) is 14.9 Å². The molecular formula is C46H72N3O7+. The molecule has 0 amide bonds. The number of carbonyl (C=O) groups is 2. The van der Waals surface area contributed by atoms with Gasteiger partial charge in [0.15, 0.2) is 6.21 Å². The number of aliphatic hydroxyl groups is 2. The minimum Gasteiger partial charge on any atom is -0.462 e. The highest BCUT2D eigenvalue weighted by Gasteiger charge is 2.40. The highest BCUT2D eigenvalue weighted by atomic mass is 16.5. The standard InChI is InChI=1S/C46H72N3O7/c1-4-31-13-15-42(55-30(2)50)27-40(53)21-32(33-14-16-44(45(24-33)54-3)56-41-12-6-11-39(52)26-41)9-7-18-48-46-25-35(17-19-49-46)43(34-8-5-10-38(51)22-34)23-37-29-47-28-36(37)20-31/h28-29,31-35,38-39,41-46,48-49,51-52H,4-6,8,10-27H2,1-3H3/q+1/t31-,32-,33?,34?,35?,38?,39?,41?,42+,43-,44?,45?,46?/m0/s1. The van der Waals surface area contributed by atoms with E-state index in [-0.39, 0.29) is 66.7 Å². The number of rotatable bonds is 7. The van der Waals surface area contributed by atoms with Crippen molar-refractivity contribution in [2.24, 2.45) is 40.5 Å². The molecule has 3 aliphatic carbocycles. The van der Waals surface area contributed by atoms with Crippen LogP contribution in [0, 0.1) is 53.9 Å². The minimum atomic E-state index is -0.457. The van der Waals surface area contributed by atoms with Gasteiger partial charge in [0.1, 0.15) is 24.0 Å². The first-order chi connectivity index (χ1) is 27.2. The summed E-state index contributed by atoms with van der Waals surface area (Å²) in [6.07, 6.45) is 18.3. The van der Waals surface area contributed by atoms with Crippen molar-refractivity contribution in [1.82, 2.24) is 10.6 Å². The molecule has 0 aromatic rings. The summed E-state index contributed by atoms with van der Waals surface area (Å²) in [6.45, 7) is 7.24. The lowest BCUT2D eigenvalue weighted by atomic mass is 9.68. The second-order valence-electron chi connectivity index (χ2n) is 18.2. The van der Waals surface area contributed by atoms with Crippen LogP contribution in [0.3, 0.4) is 0 Å². The summed E-state index contributed by atoms with van der Waals surface area (Å²) in [5.74, 6) is 8.72. The third-order valence-electron chi connectivity index (χ3n) is 14.2. The molecule has 56 heavy (non-hydrogen) atoms. The molecular weight excluding hydrogens is 707 g/mol. The number of methoxy groups -OCH3 is 1. The third-order valence-corrected chi connectivity index (χ3v) is 14.2. The molecule has 3 aliphatic heterocycles. The van der Waals surface area contributed by atoms with Gasteiger partial charge in [-0.1, -0.05) is 31.6 Å². The Bertz CT molecular complexity index is 1410. The van der Waals surface area contributed by atoms with Crippen molar-refractivity contribution in [1.29, 1.82) is 0 Å². The van der Waals surface area contributed by atoms with Crippen molar-refractivity contribution in [3.63, 3.8) is 0 Å². The van der Waals surface area contributed by atoms with Crippen LogP contribution in [0.4, 0.5) is 0 Å². The molecule has 2 bridgehead atoms. The molecule has 3 heterocycles. The second-order valence-corrected chi connectivity index (χ2v) is 18.2. The first-order valence-electron chi connectivity index (χ1n) is 22.4. The van der Waals surface area contributed by atoms with E-state index in [0.29, 0.717) is 49.5 Å². The highest BCUT2D eigenvalue weighted by molar-refractivity contribution is 5.84. The van der Waals surface area contributed by atoms with Crippen molar-refractivity contribution in [3.05, 3.63) is 17.7 Å². The SMILES string of the molecule is CC[C@H]1CC[C@@H](OC(C)=O)CC(=O)C[C@@H](C2CCC(OC3CCCC(O)C3)C(OC)C2)C#CCNC2CC(CCN2)[C@H](C2CCCC(O)C2)CC2=C(C=N[CH+]2)C1. The normalized spacial score (nSPS) is 39.4. The fourth-order valence-electron chi connectivity index (χ4n) is 11.1. The molecule has 312 valence electrons. The van der Waals surface area contributed by atoms with Crippen LogP contribution in [0.15, 0.2) is 16.1 Å². The Morgan fingerprint density at radius 3 is 2.43 bits per heavy atom. The van der Waals surface area contributed by atoms with E-state index in [1.165, 1.54) is 24.5 Å². The number of ether oxygens (including phenoxy) is 3. The Balaban J connectivity index is 1.21. The number of hydrogen-bond acceptors (Lipinski definition) is 10. The Hall–Kier alpha value is -2.26. The average Bonchev–Trinajstić information content (AvgIpc) is 3.62. The number of piperidine rings is 1. The molecule has 9 unspecified atom stereocenters. The van der Waals surface area contributed by atoms with Gasteiger partial charge in [-0.2, -0.15) is 0 Å². The van der Waals surface area contributed by atoms with E-state index in [0.717, 1.165) is 103 Å². The quantitative estimate of drug-likeness (QED) is 0.128. The zero-order valence-electron chi connectivity index (χ0n) is 34.6. The lowest BCUT2D eigenvalue weighted by Gasteiger charge is -2.41. The second kappa shape index (κ2) is 21.7. The zero-order valence-corrected chi connectivity index (χ0v) is 34.6. The number of esters is 1. The van der Waals surface area contributed by atoms with E-state index in [1.807, 2.05) is 0 Å². The largest absolute Gasteiger partial charge is 0.462 e. The number of aliphatic hydroxyl groups excluding tert-OH is 2. The molecule has 6 aliphatic rings. The maximum absolute atomic E-state index is 13.9. The van der Waals surface area contributed by atoms with E-state index in [9.17, 15) is 19.8 Å². The van der Waals surface area contributed by atoms with E-state index in [2.05, 4.69) is 47.1 Å². The summed E-state index contributed by atoms with van der Waals surface area (Å²) >= 11 is 0. The Morgan fingerprint density at radius 1 is 0.857 bits per heavy atom. The Kier molecular flexibility index (Phi) is 16.8. The number of ketones is 1. The Morgan fingerprint density at radius 2 is 1.66 bits per heavy atom. The van der Waals surface area contributed by atoms with Gasteiger partial charge in [0.25, 0.3) is 0 Å². The van der Waals surface area contributed by atoms with Crippen molar-refractivity contribution in [3.8, 4) is 11.8 Å². The number of fused-ring (bicyclic) bond motifs is 2. The van der Waals surface area contributed by atoms with Gasteiger partial charge in [0, 0.05) is 45.6 Å². The molecule has 0 spiro atoms. The number of nitrogens with zero attached hydrogens (tertiary/aromatic N) is 1. The molecule has 0 aromatic heterocycles. The van der Waals surface area contributed by atoms with Crippen LogP contribution in [0.25, 0.3) is 0 Å². The topological polar surface area (TPSA) is 139 Å². The van der Waals surface area contributed by atoms with E-state index in [1.54, 1.807) is 7.11 Å². The number of carbonyl (C=O) groups excluding carboxylic acids is 2. The molecule has 0 aromatic carbocycles. The van der Waals surface area contributed by atoms with Gasteiger partial charge in [-0.15, -0.1) is 4.99 Å². The molecule has 4 fully saturated rings. The van der Waals surface area contributed by atoms with Crippen molar-refractivity contribution in [2.45, 2.75) is 185 Å². The predicted octanol–water partition coefficient (Wildman–Crippen LogP) is 6.62. The van der Waals surface area contributed by atoms with E-state index in [4.69, 9.17) is 14.2 Å². The van der Waals surface area contributed by atoms with Crippen LogP contribution in [0.5, 0.6) is 0 Å². The number of Topliss-reactive ketones (excluding diaryl/α,β-unsaturated/α-hetero) is 1. The summed E-state index contributed by atoms with van der Waals surface area (Å²) in [5.41, 5.74) is 2.67. The predicted molar refractivity (Wildman–Crippen MR) is 218 cm³/mol. The van der Waals surface area contributed by atoms with Crippen LogP contribution in [0.1, 0.15) is 142 Å². The van der Waals surface area contributed by atoms with Gasteiger partial charge >= 0.3 is 5.97 Å². The molecule has 10 heteroatoms. The number of nitrogens with one attached hydrogen (secondary N) is 2. The summed E-state index contributed by atoms with van der Waals surface area (Å²) < 4.78 is 18.4. The Labute approximate surface area is 337 Å². The summed E-state index contributed by atoms with van der Waals surface area (Å²) in [4.78, 5) is 30.9. The zero-order chi connectivity index (χ0) is 39.4. The highest BCUT2D eigenvalue weighted by Crippen LogP contribution is 2.43. The van der Waals surface area contributed by atoms with Crippen molar-refractivity contribution < 1.29 is 34.0 Å². The smallest absolute Gasteiger partial charge is 0.302 e. The van der Waals surface area contributed by atoms with Gasteiger partial charge in [0.05, 0.1) is 48.8 Å². The van der Waals surface area contributed by atoms with Crippen LogP contribution in [0.2, 0.25) is 0 Å². The molecule has 3 saturated carbocycles. The third kappa shape index (κ3) is 12.6. The number of aliphatic imine (C=N–C) groups is 1. The molecule has 10 nitrogen and oxygen atoms in total. The number of allylic oxidation sites excluding steroid dienone is 1. The van der Waals surface area contributed by atoms with Gasteiger partial charge < -0.3 is 29.7 Å². The lowest BCUT2D eigenvalue weighted by molar-refractivity contribution is -0.148. The van der Waals surface area contributed by atoms with Gasteiger partial charge in [0.2, 0.25) is 0 Å². The van der Waals surface area contributed by atoms with Gasteiger partial charge in [-0.25, -0.2) is 0 Å². The minimum absolute atomic E-state index is 0.0320. The van der Waals surface area contributed by atoms with E-state index < -0.39 is 6.10 Å². The van der Waals surface area contributed by atoms with Crippen molar-refractivity contribution >= 4 is 18.0 Å². The van der Waals surface area contributed by atoms with Crippen LogP contribution in [-0.4, -0.2) is 91.2 Å². The number of hydrogen-bond donors (Lipinski definition) is 4. The van der Waals surface area contributed by atoms with Gasteiger partial charge in [-0.05, 0) is 126 Å². The molecule has 0 radical (unpaired) electrons. The average molecular weight is 779 g/mol. The fourth-order valence-corrected chi connectivity index (χ4v) is 11.1. The fraction of sp³-hybridized carbons (Fsp3) is 0.826. The monoisotopic (exact) mass is 779 g/mol. The molecule has 4 N–H and O–H groups in total. The van der Waals surface area contributed by atoms with Crippen LogP contribution >= 0.6 is 0 Å². The van der Waals surface area contributed by atoms with Crippen molar-refractivity contribution in [2.75, 3.05) is 20.2 Å². The van der Waals surface area contributed by atoms with Crippen LogP contribution < -0.4 is 10.6 Å². The maximum Gasteiger partial charge on any atom is 0.302 e. The molecule has 6 rings (SSSR count). The molecule has 13 atom stereocenters. The summed E-state index contributed by atoms with van der Waals surface area (Å²) in [7, 11) is 1.75. The van der Waals surface area contributed by atoms with Crippen LogP contribution in [-0.2, 0) is 23.8 Å². The first kappa shape index (κ1) is 43.3. The maximum atomic E-state index is 13.9. The molecule has 1 saturated heterocycles. The summed E-state index contributed by atoms with van der Waals surface area (Å²) in [6, 6.07) is 0. The summed E-state index contributed by atoms with van der Waals surface area (Å²) in [5, 5.41) is 28.5. The van der Waals surface area contributed by atoms with E-state index >= 15 is 0 Å².